The van der Waals surface area contributed by atoms with E-state index in [4.69, 9.17) is 4.74 Å². The minimum Gasteiger partial charge on any atom is -0.379 e. The molecule has 1 aromatic carbocycles. The molecule has 1 aromatic rings. The van der Waals surface area contributed by atoms with E-state index >= 15 is 0 Å². The van der Waals surface area contributed by atoms with E-state index in [1.165, 1.54) is 14.8 Å². The number of nitrogens with one attached hydrogen (secondary N) is 1. The lowest BCUT2D eigenvalue weighted by Crippen LogP contribution is -3.13. The average Bonchev–Trinajstić information content (AvgIpc) is 2.80. The van der Waals surface area contributed by atoms with Crippen molar-refractivity contribution in [1.82, 2.24) is 13.5 Å². The maximum absolute atomic E-state index is 13.0. The molecule has 0 atom stereocenters. The zero-order valence-electron chi connectivity index (χ0n) is 17.5. The van der Waals surface area contributed by atoms with Crippen molar-refractivity contribution in [2.45, 2.75) is 19.4 Å². The van der Waals surface area contributed by atoms with E-state index < -0.39 is 10.2 Å². The summed E-state index contributed by atoms with van der Waals surface area (Å²) in [5, 5.41) is 0. The van der Waals surface area contributed by atoms with Crippen LogP contribution < -0.4 is 4.90 Å². The van der Waals surface area contributed by atoms with Gasteiger partial charge in [-0.1, -0.05) is 30.3 Å². The van der Waals surface area contributed by atoms with Crippen molar-refractivity contribution in [3.63, 3.8) is 0 Å². The fourth-order valence-electron chi connectivity index (χ4n) is 4.64. The molecule has 3 saturated heterocycles. The van der Waals surface area contributed by atoms with Crippen molar-refractivity contribution >= 4 is 16.1 Å². The standard InChI is InChI=1S/C21H32N4O4S/c26-21(23-12-10-22(11-13-23)18-19-4-2-1-3-5-19)20-6-8-24(9-7-20)30(27,28)25-14-16-29-17-15-25/h1-5,20H,6-18H2/p+1. The molecule has 0 aliphatic carbocycles. The summed E-state index contributed by atoms with van der Waals surface area (Å²) in [4.78, 5) is 16.5. The number of amides is 1. The van der Waals surface area contributed by atoms with E-state index in [-0.39, 0.29) is 11.8 Å². The lowest BCUT2D eigenvalue weighted by molar-refractivity contribution is -0.917. The van der Waals surface area contributed by atoms with E-state index in [2.05, 4.69) is 24.3 Å². The van der Waals surface area contributed by atoms with Gasteiger partial charge in [-0.15, -0.1) is 0 Å². The van der Waals surface area contributed by atoms with Gasteiger partial charge in [0.15, 0.2) is 0 Å². The highest BCUT2D eigenvalue weighted by atomic mass is 32.2. The van der Waals surface area contributed by atoms with Crippen molar-refractivity contribution in [2.75, 3.05) is 65.6 Å². The van der Waals surface area contributed by atoms with Crippen LogP contribution in [0.15, 0.2) is 30.3 Å². The molecule has 0 radical (unpaired) electrons. The molecule has 3 aliphatic rings. The minimum atomic E-state index is -3.44. The molecule has 3 aliphatic heterocycles. The Bertz CT molecular complexity index is 798. The second kappa shape index (κ2) is 9.74. The van der Waals surface area contributed by atoms with E-state index in [9.17, 15) is 13.2 Å². The van der Waals surface area contributed by atoms with E-state index in [0.29, 0.717) is 52.2 Å². The second-order valence-corrected chi connectivity index (χ2v) is 10.4. The van der Waals surface area contributed by atoms with E-state index in [1.807, 2.05) is 11.0 Å². The fraction of sp³-hybridized carbons (Fsp3) is 0.667. The van der Waals surface area contributed by atoms with Crippen LogP contribution >= 0.6 is 0 Å². The first-order valence-electron chi connectivity index (χ1n) is 11.0. The molecule has 1 amide bonds. The number of piperidine rings is 1. The summed E-state index contributed by atoms with van der Waals surface area (Å²) in [6, 6.07) is 10.5. The van der Waals surface area contributed by atoms with E-state index in [1.54, 1.807) is 4.31 Å². The van der Waals surface area contributed by atoms with Gasteiger partial charge in [0.05, 0.1) is 39.4 Å². The molecule has 0 unspecified atom stereocenters. The van der Waals surface area contributed by atoms with E-state index in [0.717, 1.165) is 32.7 Å². The summed E-state index contributed by atoms with van der Waals surface area (Å²) in [6.45, 7) is 7.08. The molecule has 9 heteroatoms. The van der Waals surface area contributed by atoms with Gasteiger partial charge in [0.2, 0.25) is 5.91 Å². The summed E-state index contributed by atoms with van der Waals surface area (Å²) >= 11 is 0. The zero-order chi connectivity index (χ0) is 21.0. The highest BCUT2D eigenvalue weighted by molar-refractivity contribution is 7.86. The number of quaternary nitrogens is 1. The lowest BCUT2D eigenvalue weighted by Gasteiger charge is -2.38. The normalized spacial score (nSPS) is 23.5. The molecular weight excluding hydrogens is 404 g/mol. The number of hydrogen-bond donors (Lipinski definition) is 1. The Kier molecular flexibility index (Phi) is 7.05. The number of carbonyl (C=O) groups excluding carboxylic acids is 1. The molecule has 0 bridgehead atoms. The van der Waals surface area contributed by atoms with Crippen LogP contribution in [0.1, 0.15) is 18.4 Å². The SMILES string of the molecule is O=C(C1CCN(S(=O)(=O)N2CCOCC2)CC1)N1CC[NH+](Cc2ccccc2)CC1. The topological polar surface area (TPSA) is 74.6 Å². The Balaban J connectivity index is 1.24. The highest BCUT2D eigenvalue weighted by Gasteiger charge is 2.37. The van der Waals surface area contributed by atoms with Gasteiger partial charge in [-0.2, -0.15) is 17.0 Å². The maximum atomic E-state index is 13.0. The first-order chi connectivity index (χ1) is 14.5. The molecule has 0 spiro atoms. The molecule has 3 fully saturated rings. The number of hydrogen-bond acceptors (Lipinski definition) is 4. The molecule has 1 N–H and O–H groups in total. The van der Waals surface area contributed by atoms with Crippen LogP contribution in [0.5, 0.6) is 0 Å². The highest BCUT2D eigenvalue weighted by Crippen LogP contribution is 2.23. The van der Waals surface area contributed by atoms with Crippen molar-refractivity contribution in [1.29, 1.82) is 0 Å². The average molecular weight is 438 g/mol. The molecule has 0 saturated carbocycles. The summed E-state index contributed by atoms with van der Waals surface area (Å²) in [5.41, 5.74) is 1.33. The third-order valence-corrected chi connectivity index (χ3v) is 8.54. The maximum Gasteiger partial charge on any atom is 0.282 e. The fourth-order valence-corrected chi connectivity index (χ4v) is 6.25. The first kappa shape index (κ1) is 21.7. The van der Waals surface area contributed by atoms with Gasteiger partial charge in [0, 0.05) is 37.7 Å². The van der Waals surface area contributed by atoms with Crippen LogP contribution in [-0.4, -0.2) is 93.4 Å². The van der Waals surface area contributed by atoms with Crippen molar-refractivity contribution in [3.05, 3.63) is 35.9 Å². The van der Waals surface area contributed by atoms with Gasteiger partial charge in [-0.25, -0.2) is 0 Å². The number of piperazine rings is 1. The molecule has 0 aromatic heterocycles. The lowest BCUT2D eigenvalue weighted by atomic mass is 9.96. The number of ether oxygens (including phenoxy) is 1. The minimum absolute atomic E-state index is 0.0585. The molecule has 4 rings (SSSR count). The predicted molar refractivity (Wildman–Crippen MR) is 113 cm³/mol. The quantitative estimate of drug-likeness (QED) is 0.655. The summed E-state index contributed by atoms with van der Waals surface area (Å²) < 4.78 is 33.9. The van der Waals surface area contributed by atoms with Gasteiger partial charge in [0.1, 0.15) is 6.54 Å². The third-order valence-electron chi connectivity index (χ3n) is 6.50. The number of rotatable bonds is 5. The monoisotopic (exact) mass is 437 g/mol. The molecule has 166 valence electrons. The summed E-state index contributed by atoms with van der Waals surface area (Å²) in [7, 11) is -3.44. The van der Waals surface area contributed by atoms with Crippen molar-refractivity contribution in [3.8, 4) is 0 Å². The Hall–Kier alpha value is -1.52. The zero-order valence-corrected chi connectivity index (χ0v) is 18.4. The molecule has 30 heavy (non-hydrogen) atoms. The third kappa shape index (κ3) is 5.03. The number of morpholine rings is 1. The van der Waals surface area contributed by atoms with Crippen molar-refractivity contribution in [2.24, 2.45) is 5.92 Å². The first-order valence-corrected chi connectivity index (χ1v) is 12.4. The second-order valence-electron chi connectivity index (χ2n) is 8.43. The number of nitrogens with zero attached hydrogens (tertiary/aromatic N) is 3. The van der Waals surface area contributed by atoms with Crippen LogP contribution in [0.3, 0.4) is 0 Å². The largest absolute Gasteiger partial charge is 0.379 e. The van der Waals surface area contributed by atoms with Gasteiger partial charge in [-0.05, 0) is 12.8 Å². The van der Waals surface area contributed by atoms with Crippen LogP contribution in [-0.2, 0) is 26.3 Å². The Morgan fingerprint density at radius 1 is 0.933 bits per heavy atom. The van der Waals surface area contributed by atoms with Gasteiger partial charge >= 0.3 is 0 Å². The van der Waals surface area contributed by atoms with Gasteiger partial charge in [0.25, 0.3) is 10.2 Å². The summed E-state index contributed by atoms with van der Waals surface area (Å²) in [5.74, 6) is 0.147. The number of carbonyl (C=O) groups is 1. The Labute approximate surface area is 179 Å². The van der Waals surface area contributed by atoms with Crippen molar-refractivity contribution < 1.29 is 22.8 Å². The van der Waals surface area contributed by atoms with Gasteiger partial charge in [-0.3, -0.25) is 4.79 Å². The molecule has 8 nitrogen and oxygen atoms in total. The van der Waals surface area contributed by atoms with Gasteiger partial charge < -0.3 is 14.5 Å². The Morgan fingerprint density at radius 2 is 1.53 bits per heavy atom. The number of benzene rings is 1. The van der Waals surface area contributed by atoms with Crippen LogP contribution in [0.4, 0.5) is 0 Å². The predicted octanol–water partition coefficient (Wildman–Crippen LogP) is -0.797. The Morgan fingerprint density at radius 3 is 2.17 bits per heavy atom. The smallest absolute Gasteiger partial charge is 0.282 e. The van der Waals surface area contributed by atoms with Crippen LogP contribution in [0.25, 0.3) is 0 Å². The summed E-state index contributed by atoms with van der Waals surface area (Å²) in [6.07, 6.45) is 1.22. The van der Waals surface area contributed by atoms with Crippen LogP contribution in [0.2, 0.25) is 0 Å². The molecule has 3 heterocycles. The molecular formula is C21H33N4O4S+. The van der Waals surface area contributed by atoms with Crippen LogP contribution in [0, 0.1) is 5.92 Å².